The molecule has 7 nitrogen and oxygen atoms in total. The first-order valence-corrected chi connectivity index (χ1v) is 9.97. The Balaban J connectivity index is 1.38. The summed E-state index contributed by atoms with van der Waals surface area (Å²) >= 11 is 5.88. The second kappa shape index (κ2) is 8.29. The maximum Gasteiger partial charge on any atom is 0.410 e. The Kier molecular flexibility index (Phi) is 5.58. The van der Waals surface area contributed by atoms with Gasteiger partial charge in [-0.15, -0.1) is 0 Å². The van der Waals surface area contributed by atoms with Crippen molar-refractivity contribution in [2.75, 3.05) is 13.2 Å². The third-order valence-electron chi connectivity index (χ3n) is 5.25. The molecule has 1 aromatic heterocycles. The van der Waals surface area contributed by atoms with Crippen LogP contribution in [0.1, 0.15) is 34.5 Å². The standard InChI is InChI=1S/C21H22ClN3O4/c1-13-10-23-18(20(26)24-11-14-2-4-15(22)5-3-14)9-19(13)29-17-6-7-25-16(8-17)12-28-21(25)27/h2-5,9-10,16-17H,6-8,11-12H2,1H3,(H,24,26)/t16-,17-/m0/s1. The maximum absolute atomic E-state index is 12.5. The van der Waals surface area contributed by atoms with Crippen molar-refractivity contribution in [2.24, 2.45) is 0 Å². The van der Waals surface area contributed by atoms with Crippen LogP contribution in [-0.4, -0.2) is 47.2 Å². The number of cyclic esters (lactones) is 1. The lowest BCUT2D eigenvalue weighted by Gasteiger charge is -2.32. The molecule has 0 bridgehead atoms. The van der Waals surface area contributed by atoms with E-state index in [1.54, 1.807) is 29.3 Å². The molecule has 3 heterocycles. The van der Waals surface area contributed by atoms with E-state index < -0.39 is 0 Å². The Hall–Kier alpha value is -2.80. The third-order valence-corrected chi connectivity index (χ3v) is 5.50. The molecule has 0 unspecified atom stereocenters. The number of hydrogen-bond donors (Lipinski definition) is 1. The van der Waals surface area contributed by atoms with E-state index in [1.807, 2.05) is 19.1 Å². The van der Waals surface area contributed by atoms with Crippen LogP contribution in [0.5, 0.6) is 5.75 Å². The summed E-state index contributed by atoms with van der Waals surface area (Å²) in [4.78, 5) is 30.1. The molecule has 2 atom stereocenters. The molecule has 2 amide bonds. The largest absolute Gasteiger partial charge is 0.490 e. The lowest BCUT2D eigenvalue weighted by Crippen LogP contribution is -2.44. The Labute approximate surface area is 174 Å². The van der Waals surface area contributed by atoms with Crippen molar-refractivity contribution >= 4 is 23.6 Å². The van der Waals surface area contributed by atoms with E-state index in [0.717, 1.165) is 17.5 Å². The fourth-order valence-corrected chi connectivity index (χ4v) is 3.71. The first-order chi connectivity index (χ1) is 14.0. The second-order valence-electron chi connectivity index (χ2n) is 7.33. The normalized spacial score (nSPS) is 20.8. The van der Waals surface area contributed by atoms with Crippen molar-refractivity contribution in [1.82, 2.24) is 15.2 Å². The number of hydrogen-bond acceptors (Lipinski definition) is 5. The van der Waals surface area contributed by atoms with Crippen LogP contribution in [0.25, 0.3) is 0 Å². The lowest BCUT2D eigenvalue weighted by molar-refractivity contribution is 0.0908. The predicted molar refractivity (Wildman–Crippen MR) is 107 cm³/mol. The number of aryl methyl sites for hydroxylation is 1. The minimum Gasteiger partial charge on any atom is -0.490 e. The van der Waals surface area contributed by atoms with Gasteiger partial charge < -0.3 is 19.7 Å². The van der Waals surface area contributed by atoms with Gasteiger partial charge in [-0.1, -0.05) is 23.7 Å². The molecule has 0 saturated carbocycles. The second-order valence-corrected chi connectivity index (χ2v) is 7.77. The number of piperidine rings is 1. The highest BCUT2D eigenvalue weighted by molar-refractivity contribution is 6.30. The number of aromatic nitrogens is 1. The van der Waals surface area contributed by atoms with Crippen molar-refractivity contribution in [3.05, 3.63) is 58.4 Å². The van der Waals surface area contributed by atoms with Gasteiger partial charge in [0, 0.05) is 48.8 Å². The fourth-order valence-electron chi connectivity index (χ4n) is 3.58. The number of nitrogens with zero attached hydrogens (tertiary/aromatic N) is 2. The zero-order chi connectivity index (χ0) is 20.4. The number of rotatable bonds is 5. The Morgan fingerprint density at radius 2 is 2.17 bits per heavy atom. The predicted octanol–water partition coefficient (Wildman–Crippen LogP) is 3.34. The number of halogens is 1. The van der Waals surface area contributed by atoms with Gasteiger partial charge in [0.15, 0.2) is 0 Å². The van der Waals surface area contributed by atoms with E-state index in [-0.39, 0.29) is 24.1 Å². The fraction of sp³-hybridized carbons (Fsp3) is 0.381. The van der Waals surface area contributed by atoms with E-state index in [0.29, 0.717) is 42.6 Å². The molecule has 1 aromatic carbocycles. The molecular weight excluding hydrogens is 394 g/mol. The van der Waals surface area contributed by atoms with Gasteiger partial charge in [0.25, 0.3) is 5.91 Å². The molecular formula is C21H22ClN3O4. The summed E-state index contributed by atoms with van der Waals surface area (Å²) in [6, 6.07) is 9.04. The van der Waals surface area contributed by atoms with E-state index >= 15 is 0 Å². The number of pyridine rings is 1. The zero-order valence-electron chi connectivity index (χ0n) is 16.1. The quantitative estimate of drug-likeness (QED) is 0.810. The van der Waals surface area contributed by atoms with Crippen LogP contribution in [0.4, 0.5) is 4.79 Å². The highest BCUT2D eigenvalue weighted by atomic mass is 35.5. The van der Waals surface area contributed by atoms with Crippen molar-refractivity contribution in [2.45, 2.75) is 38.5 Å². The number of amides is 2. The van der Waals surface area contributed by atoms with E-state index in [4.69, 9.17) is 21.1 Å². The van der Waals surface area contributed by atoms with Gasteiger partial charge in [-0.2, -0.15) is 0 Å². The van der Waals surface area contributed by atoms with Crippen LogP contribution in [0, 0.1) is 6.92 Å². The van der Waals surface area contributed by atoms with Crippen LogP contribution in [0.15, 0.2) is 36.5 Å². The van der Waals surface area contributed by atoms with Gasteiger partial charge in [0.2, 0.25) is 0 Å². The molecule has 152 valence electrons. The average molecular weight is 416 g/mol. The van der Waals surface area contributed by atoms with Crippen LogP contribution in [0.2, 0.25) is 5.02 Å². The Morgan fingerprint density at radius 1 is 1.38 bits per heavy atom. The molecule has 2 fully saturated rings. The van der Waals surface area contributed by atoms with E-state index in [2.05, 4.69) is 10.3 Å². The lowest BCUT2D eigenvalue weighted by atomic mass is 10.0. The Bertz CT molecular complexity index is 919. The summed E-state index contributed by atoms with van der Waals surface area (Å²) < 4.78 is 11.3. The SMILES string of the molecule is Cc1cnc(C(=O)NCc2ccc(Cl)cc2)cc1O[C@H]1CCN2C(=O)OC[C@@H]2C1. The molecule has 2 aromatic rings. The molecule has 2 aliphatic heterocycles. The molecule has 8 heteroatoms. The highest BCUT2D eigenvalue weighted by Crippen LogP contribution is 2.28. The van der Waals surface area contributed by atoms with Crippen molar-refractivity contribution in [3.8, 4) is 5.75 Å². The summed E-state index contributed by atoms with van der Waals surface area (Å²) in [5, 5.41) is 3.51. The molecule has 1 N–H and O–H groups in total. The van der Waals surface area contributed by atoms with E-state index in [1.165, 1.54) is 0 Å². The first-order valence-electron chi connectivity index (χ1n) is 9.59. The summed E-state index contributed by atoms with van der Waals surface area (Å²) in [5.74, 6) is 0.370. The van der Waals surface area contributed by atoms with Crippen LogP contribution in [-0.2, 0) is 11.3 Å². The van der Waals surface area contributed by atoms with Crippen molar-refractivity contribution in [3.63, 3.8) is 0 Å². The maximum atomic E-state index is 12.5. The molecule has 0 aliphatic carbocycles. The summed E-state index contributed by atoms with van der Waals surface area (Å²) in [6.07, 6.45) is 2.81. The van der Waals surface area contributed by atoms with Gasteiger partial charge in [-0.25, -0.2) is 4.79 Å². The minimum atomic E-state index is -0.269. The van der Waals surface area contributed by atoms with Gasteiger partial charge in [0.05, 0.1) is 6.04 Å². The number of fused-ring (bicyclic) bond motifs is 1. The average Bonchev–Trinajstić information content (AvgIpc) is 3.09. The molecule has 2 saturated heterocycles. The van der Waals surface area contributed by atoms with Gasteiger partial charge in [-0.3, -0.25) is 9.78 Å². The number of nitrogens with one attached hydrogen (secondary N) is 1. The smallest absolute Gasteiger partial charge is 0.410 e. The van der Waals surface area contributed by atoms with E-state index in [9.17, 15) is 9.59 Å². The number of benzene rings is 1. The third kappa shape index (κ3) is 4.45. The zero-order valence-corrected chi connectivity index (χ0v) is 16.8. The van der Waals surface area contributed by atoms with Crippen molar-refractivity contribution < 1.29 is 19.1 Å². The summed E-state index contributed by atoms with van der Waals surface area (Å²) in [6.45, 7) is 3.31. The van der Waals surface area contributed by atoms with Crippen LogP contribution < -0.4 is 10.1 Å². The van der Waals surface area contributed by atoms with Gasteiger partial charge >= 0.3 is 6.09 Å². The van der Waals surface area contributed by atoms with Gasteiger partial charge in [-0.05, 0) is 24.6 Å². The topological polar surface area (TPSA) is 80.8 Å². The van der Waals surface area contributed by atoms with Crippen LogP contribution >= 0.6 is 11.6 Å². The number of ether oxygens (including phenoxy) is 2. The molecule has 4 rings (SSSR count). The van der Waals surface area contributed by atoms with Crippen molar-refractivity contribution in [1.29, 1.82) is 0 Å². The first kappa shape index (κ1) is 19.5. The Morgan fingerprint density at radius 3 is 2.97 bits per heavy atom. The van der Waals surface area contributed by atoms with Crippen LogP contribution in [0.3, 0.4) is 0 Å². The summed E-state index contributed by atoms with van der Waals surface area (Å²) in [5.41, 5.74) is 2.11. The molecule has 0 spiro atoms. The molecule has 29 heavy (non-hydrogen) atoms. The van der Waals surface area contributed by atoms with Gasteiger partial charge in [0.1, 0.15) is 24.2 Å². The highest BCUT2D eigenvalue weighted by Gasteiger charge is 2.39. The minimum absolute atomic E-state index is 0.0307. The molecule has 0 radical (unpaired) electrons. The monoisotopic (exact) mass is 415 g/mol. The number of carbonyl (C=O) groups excluding carboxylic acids is 2. The number of carbonyl (C=O) groups is 2. The molecule has 2 aliphatic rings. The summed E-state index contributed by atoms with van der Waals surface area (Å²) in [7, 11) is 0.